The minimum absolute atomic E-state index is 0.0281. The van der Waals surface area contributed by atoms with Crippen molar-refractivity contribution in [2.75, 3.05) is 0 Å². The van der Waals surface area contributed by atoms with E-state index in [0.29, 0.717) is 22.4 Å². The van der Waals surface area contributed by atoms with Crippen LogP contribution >= 0.6 is 0 Å². The van der Waals surface area contributed by atoms with E-state index < -0.39 is 4.92 Å². The molecule has 0 saturated heterocycles. The molecule has 0 spiro atoms. The summed E-state index contributed by atoms with van der Waals surface area (Å²) in [6.07, 6.45) is 0. The number of carbonyl (C=O) groups excluding carboxylic acids is 1. The van der Waals surface area contributed by atoms with Gasteiger partial charge in [-0.3, -0.25) is 14.9 Å². The third-order valence-corrected chi connectivity index (χ3v) is 4.07. The van der Waals surface area contributed by atoms with Crippen LogP contribution in [0.4, 0.5) is 5.69 Å². The van der Waals surface area contributed by atoms with Crippen molar-refractivity contribution < 1.29 is 9.72 Å². The molecule has 3 aromatic rings. The molecule has 0 N–H and O–H groups in total. The first-order valence-corrected chi connectivity index (χ1v) is 8.58. The first-order chi connectivity index (χ1) is 13.6. The van der Waals surface area contributed by atoms with Crippen LogP contribution < -0.4 is 0 Å². The lowest BCUT2D eigenvalue weighted by atomic mass is 10.0. The Hall–Kier alpha value is -3.93. The molecule has 0 saturated carbocycles. The van der Waals surface area contributed by atoms with Crippen molar-refractivity contribution in [1.82, 2.24) is 0 Å². The fourth-order valence-corrected chi connectivity index (χ4v) is 2.58. The van der Waals surface area contributed by atoms with Gasteiger partial charge in [-0.25, -0.2) is 0 Å². The van der Waals surface area contributed by atoms with Crippen molar-refractivity contribution in [3.05, 3.63) is 112 Å². The number of nitro benzene ring substituents is 1. The number of nitrogens with zero attached hydrogens (tertiary/aromatic N) is 3. The van der Waals surface area contributed by atoms with Crippen LogP contribution in [0.15, 0.2) is 95.1 Å². The lowest BCUT2D eigenvalue weighted by molar-refractivity contribution is -0.384. The highest BCUT2D eigenvalue weighted by atomic mass is 16.6. The zero-order valence-corrected chi connectivity index (χ0v) is 15.1. The van der Waals surface area contributed by atoms with Crippen molar-refractivity contribution in [2.45, 2.75) is 6.92 Å². The number of rotatable bonds is 6. The molecule has 0 aromatic heterocycles. The first kappa shape index (κ1) is 18.8. The lowest BCUT2D eigenvalue weighted by Crippen LogP contribution is -2.15. The van der Waals surface area contributed by atoms with Gasteiger partial charge in [0, 0.05) is 28.8 Å². The Morgan fingerprint density at radius 3 is 1.96 bits per heavy atom. The molecule has 0 unspecified atom stereocenters. The summed E-state index contributed by atoms with van der Waals surface area (Å²) in [5, 5.41) is 19.4. The number of hydrogen-bond acceptors (Lipinski definition) is 5. The number of benzene rings is 3. The summed E-state index contributed by atoms with van der Waals surface area (Å²) in [4.78, 5) is 23.5. The maximum Gasteiger partial charge on any atom is 0.270 e. The van der Waals surface area contributed by atoms with Crippen molar-refractivity contribution >= 4 is 22.9 Å². The predicted molar refractivity (Wildman–Crippen MR) is 109 cm³/mol. The Kier molecular flexibility index (Phi) is 5.81. The molecule has 0 aliphatic rings. The van der Waals surface area contributed by atoms with Crippen molar-refractivity contribution in [3.63, 3.8) is 0 Å². The maximum absolute atomic E-state index is 12.9. The Bertz CT molecular complexity index is 1060. The second-order valence-corrected chi connectivity index (χ2v) is 6.00. The largest absolute Gasteiger partial charge is 0.287 e. The van der Waals surface area contributed by atoms with E-state index in [0.717, 1.165) is 0 Å². The minimum atomic E-state index is -0.464. The number of ketones is 1. The molecular formula is C22H17N3O3. The zero-order valence-electron chi connectivity index (χ0n) is 15.1. The average molecular weight is 371 g/mol. The zero-order chi connectivity index (χ0) is 19.9. The molecule has 6 heteroatoms. The molecule has 0 aliphatic heterocycles. The molecule has 0 fully saturated rings. The van der Waals surface area contributed by atoms with Gasteiger partial charge in [0.1, 0.15) is 5.71 Å². The summed E-state index contributed by atoms with van der Waals surface area (Å²) >= 11 is 0. The van der Waals surface area contributed by atoms with Gasteiger partial charge in [0.2, 0.25) is 5.78 Å². The van der Waals surface area contributed by atoms with Gasteiger partial charge in [-0.05, 0) is 6.92 Å². The minimum Gasteiger partial charge on any atom is -0.287 e. The van der Waals surface area contributed by atoms with E-state index in [1.54, 1.807) is 55.5 Å². The summed E-state index contributed by atoms with van der Waals surface area (Å²) in [6, 6.07) is 24.1. The van der Waals surface area contributed by atoms with Crippen molar-refractivity contribution in [1.29, 1.82) is 0 Å². The van der Waals surface area contributed by atoms with Gasteiger partial charge in [0.25, 0.3) is 5.69 Å². The summed E-state index contributed by atoms with van der Waals surface area (Å²) in [5.41, 5.74) is 2.37. The molecular weight excluding hydrogens is 354 g/mol. The number of non-ortho nitro benzene ring substituents is 1. The van der Waals surface area contributed by atoms with Gasteiger partial charge in [0.05, 0.1) is 10.6 Å². The number of hydrogen-bond donors (Lipinski definition) is 0. The molecule has 0 aliphatic carbocycles. The molecule has 138 valence electrons. The van der Waals surface area contributed by atoms with Crippen LogP contribution in [0, 0.1) is 10.1 Å². The lowest BCUT2D eigenvalue weighted by Gasteiger charge is -2.05. The van der Waals surface area contributed by atoms with Gasteiger partial charge in [-0.2, -0.15) is 5.10 Å². The molecule has 3 rings (SSSR count). The Morgan fingerprint density at radius 2 is 1.36 bits per heavy atom. The van der Waals surface area contributed by atoms with E-state index in [9.17, 15) is 14.9 Å². The normalized spacial score (nSPS) is 11.9. The van der Waals surface area contributed by atoms with Crippen molar-refractivity contribution in [3.8, 4) is 0 Å². The van der Waals surface area contributed by atoms with E-state index in [1.807, 2.05) is 24.3 Å². The molecule has 0 radical (unpaired) electrons. The molecule has 0 atom stereocenters. The fourth-order valence-electron chi connectivity index (χ4n) is 2.58. The monoisotopic (exact) mass is 371 g/mol. The van der Waals surface area contributed by atoms with Gasteiger partial charge >= 0.3 is 0 Å². The topological polar surface area (TPSA) is 84.9 Å². The number of Topliss-reactive ketones (excluding diaryl/α,β-unsaturated/α-hetero) is 1. The van der Waals surface area contributed by atoms with Crippen LogP contribution in [0.3, 0.4) is 0 Å². The Labute approximate surface area is 162 Å². The first-order valence-electron chi connectivity index (χ1n) is 8.58. The highest BCUT2D eigenvalue weighted by molar-refractivity contribution is 6.51. The number of nitro groups is 1. The second-order valence-electron chi connectivity index (χ2n) is 6.00. The fraction of sp³-hybridized carbons (Fsp3) is 0.0455. The van der Waals surface area contributed by atoms with Crippen molar-refractivity contribution in [2.24, 2.45) is 10.2 Å². The standard InChI is InChI=1S/C22H17N3O3/c1-16(19-13-8-14-20(15-19)25(27)28)23-24-21(17-9-4-2-5-10-17)22(26)18-11-6-3-7-12-18/h2-15H,1H3. The van der Waals surface area contributed by atoms with Gasteiger partial charge in [-0.15, -0.1) is 5.10 Å². The summed E-state index contributed by atoms with van der Waals surface area (Å²) in [7, 11) is 0. The molecule has 28 heavy (non-hydrogen) atoms. The van der Waals surface area contributed by atoms with E-state index in [4.69, 9.17) is 0 Å². The van der Waals surface area contributed by atoms with E-state index in [-0.39, 0.29) is 17.2 Å². The second kappa shape index (κ2) is 8.64. The highest BCUT2D eigenvalue weighted by Crippen LogP contribution is 2.15. The summed E-state index contributed by atoms with van der Waals surface area (Å²) < 4.78 is 0. The predicted octanol–water partition coefficient (Wildman–Crippen LogP) is 4.69. The van der Waals surface area contributed by atoms with Crippen LogP contribution in [-0.4, -0.2) is 22.1 Å². The Morgan fingerprint density at radius 1 is 0.786 bits per heavy atom. The smallest absolute Gasteiger partial charge is 0.270 e. The van der Waals surface area contributed by atoms with Gasteiger partial charge < -0.3 is 0 Å². The highest BCUT2D eigenvalue weighted by Gasteiger charge is 2.16. The van der Waals surface area contributed by atoms with Crippen LogP contribution in [0.2, 0.25) is 0 Å². The SMILES string of the molecule is CC(=NN=C(C(=O)c1ccccc1)c1ccccc1)c1cccc([N+](=O)[O-])c1. The Balaban J connectivity index is 2.02. The van der Waals surface area contributed by atoms with Gasteiger partial charge in [-0.1, -0.05) is 72.8 Å². The van der Waals surface area contributed by atoms with Crippen LogP contribution in [0.25, 0.3) is 0 Å². The molecule has 0 bridgehead atoms. The van der Waals surface area contributed by atoms with Crippen LogP contribution in [-0.2, 0) is 0 Å². The summed E-state index contributed by atoms with van der Waals surface area (Å²) in [6.45, 7) is 1.69. The third kappa shape index (κ3) is 4.42. The molecule has 6 nitrogen and oxygen atoms in total. The van der Waals surface area contributed by atoms with E-state index >= 15 is 0 Å². The molecule has 3 aromatic carbocycles. The molecule has 0 amide bonds. The van der Waals surface area contributed by atoms with Crippen LogP contribution in [0.1, 0.15) is 28.4 Å². The number of carbonyl (C=O) groups is 1. The molecule has 0 heterocycles. The maximum atomic E-state index is 12.9. The van der Waals surface area contributed by atoms with Gasteiger partial charge in [0.15, 0.2) is 0 Å². The third-order valence-electron chi connectivity index (χ3n) is 4.07. The van der Waals surface area contributed by atoms with E-state index in [2.05, 4.69) is 10.2 Å². The summed E-state index contributed by atoms with van der Waals surface area (Å²) in [5.74, 6) is -0.248. The average Bonchev–Trinajstić information content (AvgIpc) is 2.75. The van der Waals surface area contributed by atoms with E-state index in [1.165, 1.54) is 12.1 Å². The van der Waals surface area contributed by atoms with Crippen LogP contribution in [0.5, 0.6) is 0 Å². The quantitative estimate of drug-likeness (QED) is 0.273.